The monoisotopic (exact) mass is 166 g/mol. The molecule has 0 bridgehead atoms. The van der Waals surface area contributed by atoms with Gasteiger partial charge < -0.3 is 19.7 Å². The third-order valence-corrected chi connectivity index (χ3v) is 2.03. The molecule has 0 saturated carbocycles. The highest BCUT2D eigenvalue weighted by Crippen LogP contribution is 2.35. The average molecular weight is 166 g/mol. The molecule has 0 radical (unpaired) electrons. The number of carbonyl (C=O) groups is 1. The molecule has 60 valence electrons. The van der Waals surface area contributed by atoms with Crippen molar-refractivity contribution in [1.29, 1.82) is 0 Å². The number of hydrogen-bond acceptors (Lipinski definition) is 4. The largest absolute Gasteiger partial charge is 0.778 e. The Morgan fingerprint density at radius 1 is 1.80 bits per heavy atom. The summed E-state index contributed by atoms with van der Waals surface area (Å²) in [5, 5.41) is 0. The second-order valence-corrected chi connectivity index (χ2v) is 3.45. The average Bonchev–Trinajstić information content (AvgIpc) is 1.59. The number of nitrogens with two attached hydrogens (primary N) is 1. The highest BCUT2D eigenvalue weighted by atomic mass is 31.2. The number of primary amides is 1. The highest BCUT2D eigenvalue weighted by Gasteiger charge is 2.10. The molecule has 10 heavy (non-hydrogen) atoms. The maximum absolute atomic E-state index is 10.5. The van der Waals surface area contributed by atoms with E-state index in [-0.39, 0.29) is 6.61 Å². The van der Waals surface area contributed by atoms with Crippen molar-refractivity contribution in [3.8, 4) is 0 Å². The predicted octanol–water partition coefficient (Wildman–Crippen LogP) is -0.938. The molecule has 0 heterocycles. The van der Waals surface area contributed by atoms with Crippen molar-refractivity contribution in [2.45, 2.75) is 6.92 Å². The van der Waals surface area contributed by atoms with Crippen molar-refractivity contribution in [3.05, 3.63) is 0 Å². The minimum atomic E-state index is -3.97. The molecule has 0 aliphatic rings. The summed E-state index contributed by atoms with van der Waals surface area (Å²) in [7, 11) is -3.97. The van der Waals surface area contributed by atoms with E-state index in [0.29, 0.717) is 0 Å². The van der Waals surface area contributed by atoms with Crippen molar-refractivity contribution in [2.75, 3.05) is 12.8 Å². The summed E-state index contributed by atoms with van der Waals surface area (Å²) in [5.74, 6) is -0.896. The van der Waals surface area contributed by atoms with Crippen LogP contribution in [-0.2, 0) is 13.9 Å². The van der Waals surface area contributed by atoms with Gasteiger partial charge >= 0.3 is 0 Å². The Morgan fingerprint density at radius 2 is 2.30 bits per heavy atom. The SMILES string of the molecule is CCOP(=O)([O-])CC(N)=O. The van der Waals surface area contributed by atoms with E-state index in [2.05, 4.69) is 10.3 Å². The lowest BCUT2D eigenvalue weighted by molar-refractivity contribution is -0.197. The number of hydrogen-bond donors (Lipinski definition) is 1. The topological polar surface area (TPSA) is 92.4 Å². The Labute approximate surface area is 58.7 Å². The minimum absolute atomic E-state index is 0.0358. The van der Waals surface area contributed by atoms with Crippen LogP contribution in [0.25, 0.3) is 0 Å². The van der Waals surface area contributed by atoms with Crippen molar-refractivity contribution in [1.82, 2.24) is 0 Å². The molecule has 0 aliphatic carbocycles. The van der Waals surface area contributed by atoms with E-state index in [1.165, 1.54) is 6.92 Å². The Hall–Kier alpha value is -0.380. The van der Waals surface area contributed by atoms with Crippen LogP contribution in [0.4, 0.5) is 0 Å². The van der Waals surface area contributed by atoms with Crippen molar-refractivity contribution < 1.29 is 18.8 Å². The minimum Gasteiger partial charge on any atom is -0.778 e. The molecule has 0 rings (SSSR count). The quantitative estimate of drug-likeness (QED) is 0.545. The van der Waals surface area contributed by atoms with Crippen LogP contribution < -0.4 is 10.6 Å². The Balaban J connectivity index is 3.87. The zero-order valence-corrected chi connectivity index (χ0v) is 6.47. The second kappa shape index (κ2) is 3.71. The van der Waals surface area contributed by atoms with Gasteiger partial charge in [-0.1, -0.05) is 0 Å². The van der Waals surface area contributed by atoms with Crippen LogP contribution in [0.2, 0.25) is 0 Å². The Bertz CT molecular complexity index is 169. The first-order chi connectivity index (χ1) is 4.48. The first-order valence-corrected chi connectivity index (χ1v) is 4.43. The summed E-state index contributed by atoms with van der Waals surface area (Å²) in [6.45, 7) is 1.56. The third kappa shape index (κ3) is 4.49. The van der Waals surface area contributed by atoms with E-state index in [4.69, 9.17) is 0 Å². The van der Waals surface area contributed by atoms with Gasteiger partial charge in [-0.25, -0.2) is 0 Å². The van der Waals surface area contributed by atoms with Crippen molar-refractivity contribution in [2.24, 2.45) is 5.73 Å². The van der Waals surface area contributed by atoms with E-state index >= 15 is 0 Å². The predicted molar refractivity (Wildman–Crippen MR) is 33.3 cm³/mol. The molecular weight excluding hydrogens is 157 g/mol. The van der Waals surface area contributed by atoms with E-state index in [0.717, 1.165) is 0 Å². The molecule has 0 aliphatic heterocycles. The van der Waals surface area contributed by atoms with E-state index in [1.54, 1.807) is 0 Å². The summed E-state index contributed by atoms with van der Waals surface area (Å²) in [6.07, 6.45) is -0.721. The van der Waals surface area contributed by atoms with Crippen molar-refractivity contribution in [3.63, 3.8) is 0 Å². The molecule has 0 spiro atoms. The molecule has 1 unspecified atom stereocenters. The first kappa shape index (κ1) is 9.62. The fraction of sp³-hybridized carbons (Fsp3) is 0.750. The fourth-order valence-corrected chi connectivity index (χ4v) is 1.30. The lowest BCUT2D eigenvalue weighted by atomic mass is 10.8. The zero-order chi connectivity index (χ0) is 8.20. The van der Waals surface area contributed by atoms with Gasteiger partial charge in [0.15, 0.2) is 0 Å². The normalized spacial score (nSPS) is 16.2. The standard InChI is InChI=1S/C4H10NO4P/c1-2-9-10(7,8)3-4(5)6/h2-3H2,1H3,(H2,5,6)(H,7,8)/p-1. The summed E-state index contributed by atoms with van der Waals surface area (Å²) in [5.41, 5.74) is 4.62. The lowest BCUT2D eigenvalue weighted by Gasteiger charge is -2.19. The Kier molecular flexibility index (Phi) is 3.57. The molecular formula is C4H9NO4P-. The smallest absolute Gasteiger partial charge is 0.225 e. The molecule has 5 nitrogen and oxygen atoms in total. The van der Waals surface area contributed by atoms with E-state index in [9.17, 15) is 14.3 Å². The molecule has 0 saturated heterocycles. The molecule has 1 amide bonds. The van der Waals surface area contributed by atoms with Crippen LogP contribution in [0.3, 0.4) is 0 Å². The van der Waals surface area contributed by atoms with Gasteiger partial charge in [-0.15, -0.1) is 0 Å². The highest BCUT2D eigenvalue weighted by molar-refractivity contribution is 7.52. The van der Waals surface area contributed by atoms with E-state index in [1.807, 2.05) is 0 Å². The van der Waals surface area contributed by atoms with Crippen LogP contribution >= 0.6 is 7.60 Å². The van der Waals surface area contributed by atoms with Gasteiger partial charge in [0.2, 0.25) is 5.91 Å². The van der Waals surface area contributed by atoms with Gasteiger partial charge in [0.1, 0.15) is 7.60 Å². The second-order valence-electron chi connectivity index (χ2n) is 1.65. The maximum Gasteiger partial charge on any atom is 0.225 e. The first-order valence-electron chi connectivity index (χ1n) is 2.71. The van der Waals surface area contributed by atoms with Crippen LogP contribution in [0, 0.1) is 0 Å². The van der Waals surface area contributed by atoms with Gasteiger partial charge in [0, 0.05) is 0 Å². The van der Waals surface area contributed by atoms with E-state index < -0.39 is 19.7 Å². The van der Waals surface area contributed by atoms with Gasteiger partial charge in [-0.2, -0.15) is 0 Å². The summed E-state index contributed by atoms with van der Waals surface area (Å²) >= 11 is 0. The number of amides is 1. The zero-order valence-electron chi connectivity index (χ0n) is 5.57. The Morgan fingerprint density at radius 3 is 2.60 bits per heavy atom. The maximum atomic E-state index is 10.5. The van der Waals surface area contributed by atoms with Gasteiger partial charge in [-0.05, 0) is 6.92 Å². The van der Waals surface area contributed by atoms with Gasteiger partial charge in [0.05, 0.1) is 12.8 Å². The molecule has 0 aromatic heterocycles. The third-order valence-electron chi connectivity index (χ3n) is 0.675. The number of carbonyl (C=O) groups excluding carboxylic acids is 1. The molecule has 6 heteroatoms. The van der Waals surface area contributed by atoms with Gasteiger partial charge in [0.25, 0.3) is 0 Å². The van der Waals surface area contributed by atoms with Crippen LogP contribution in [0.5, 0.6) is 0 Å². The summed E-state index contributed by atoms with van der Waals surface area (Å²) in [4.78, 5) is 20.6. The van der Waals surface area contributed by atoms with Gasteiger partial charge in [-0.3, -0.25) is 4.79 Å². The molecule has 0 fully saturated rings. The lowest BCUT2D eigenvalue weighted by Crippen LogP contribution is -2.21. The van der Waals surface area contributed by atoms with Crippen molar-refractivity contribution >= 4 is 13.5 Å². The van der Waals surface area contributed by atoms with Crippen LogP contribution in [0.1, 0.15) is 6.92 Å². The fourth-order valence-electron chi connectivity index (χ4n) is 0.433. The molecule has 2 N–H and O–H groups in total. The molecule has 1 atom stereocenters. The molecule has 0 aromatic carbocycles. The van der Waals surface area contributed by atoms with Crippen LogP contribution in [0.15, 0.2) is 0 Å². The van der Waals surface area contributed by atoms with Crippen LogP contribution in [-0.4, -0.2) is 18.7 Å². The summed E-state index contributed by atoms with van der Waals surface area (Å²) < 4.78 is 14.8. The summed E-state index contributed by atoms with van der Waals surface area (Å²) in [6, 6.07) is 0. The number of rotatable bonds is 4. The molecule has 0 aromatic rings.